The molecule has 8 unspecified atom stereocenters. The number of aliphatic hydroxyl groups is 2. The highest BCUT2D eigenvalue weighted by Crippen LogP contribution is 1.98. The molecule has 0 saturated carbocycles. The summed E-state index contributed by atoms with van der Waals surface area (Å²) in [5, 5.41) is 88.7. The molecule has 0 aliphatic rings. The molecule has 0 amide bonds. The van der Waals surface area contributed by atoms with Crippen molar-refractivity contribution in [1.29, 1.82) is 0 Å². The number of carboxylic acid groups (broad SMARTS) is 9. The van der Waals surface area contributed by atoms with Crippen LogP contribution in [0.2, 0.25) is 0 Å². The molecule has 0 aliphatic carbocycles. The van der Waals surface area contributed by atoms with Crippen molar-refractivity contribution < 1.29 is 99.3 Å². The molecule has 0 fully saturated rings. The van der Waals surface area contributed by atoms with Crippen molar-refractivity contribution in [2.45, 2.75) is 95.4 Å². The molecule has 0 aliphatic heterocycles. The average Bonchev–Trinajstić information content (AvgIpc) is 3.15. The SMILES string of the molecule is CC(C)C(N)C(=O)O.CC(N)C(=O)O.CC(O)C(N)C(=O)O.CSCCC(N)C(=O)O.NC(CCC(=O)O)C(=O)O.NC(CO)C(=O)O.NC(CS)C(=O)O.NCC(=O)O. The Morgan fingerprint density at radius 1 is 0.533 bits per heavy atom. The minimum Gasteiger partial charge on any atom is -0.481 e. The third-order valence-corrected chi connectivity index (χ3v) is 6.37. The number of hydrogen-bond acceptors (Lipinski definition) is 21. The molecule has 8 atom stereocenters. The van der Waals surface area contributed by atoms with Crippen LogP contribution in [-0.4, -0.2) is 189 Å². The van der Waals surface area contributed by atoms with Gasteiger partial charge in [0.05, 0.1) is 19.3 Å². The second-order valence-corrected chi connectivity index (χ2v) is 12.6. The fourth-order valence-electron chi connectivity index (χ4n) is 1.42. The van der Waals surface area contributed by atoms with Crippen molar-refractivity contribution in [2.75, 3.05) is 30.9 Å². The van der Waals surface area contributed by atoms with Crippen LogP contribution in [0, 0.1) is 5.92 Å². The number of aliphatic carboxylic acids is 9. The minimum absolute atomic E-state index is 0.0208. The minimum atomic E-state index is -1.18. The van der Waals surface area contributed by atoms with E-state index in [1.807, 2.05) is 6.26 Å². The maximum Gasteiger partial charge on any atom is 0.323 e. The van der Waals surface area contributed by atoms with Gasteiger partial charge in [0.1, 0.15) is 42.3 Å². The summed E-state index contributed by atoms with van der Waals surface area (Å²) in [7, 11) is 0. The van der Waals surface area contributed by atoms with Crippen molar-refractivity contribution in [3.63, 3.8) is 0 Å². The Hall–Kier alpha value is -4.47. The predicted molar refractivity (Wildman–Crippen MR) is 219 cm³/mol. The van der Waals surface area contributed by atoms with Crippen LogP contribution in [0.15, 0.2) is 0 Å². The van der Waals surface area contributed by atoms with Gasteiger partial charge >= 0.3 is 53.7 Å². The maximum atomic E-state index is 10.1. The van der Waals surface area contributed by atoms with Gasteiger partial charge < -0.3 is 102 Å². The van der Waals surface area contributed by atoms with Crippen LogP contribution in [0.1, 0.15) is 47.0 Å². The molecule has 27 N–H and O–H groups in total. The van der Waals surface area contributed by atoms with E-state index in [9.17, 15) is 43.2 Å². The maximum absolute atomic E-state index is 10.1. The van der Waals surface area contributed by atoms with Crippen LogP contribution < -0.4 is 45.9 Å². The number of thiol groups is 1. The van der Waals surface area contributed by atoms with Gasteiger partial charge in [-0.05, 0) is 44.6 Å². The summed E-state index contributed by atoms with van der Waals surface area (Å²) in [4.78, 5) is 88.0. The van der Waals surface area contributed by atoms with Gasteiger partial charge in [-0.3, -0.25) is 43.2 Å². The summed E-state index contributed by atoms with van der Waals surface area (Å²) in [5.41, 5.74) is 39.4. The molecule has 0 aromatic rings. The van der Waals surface area contributed by atoms with Crippen LogP contribution in [0.25, 0.3) is 0 Å². The van der Waals surface area contributed by atoms with Crippen LogP contribution in [-0.2, 0) is 43.2 Å². The van der Waals surface area contributed by atoms with Crippen molar-refractivity contribution in [3.8, 4) is 0 Å². The molecule has 0 spiro atoms. The molecule has 30 heteroatoms. The first-order chi connectivity index (χ1) is 27.1. The van der Waals surface area contributed by atoms with Crippen molar-refractivity contribution in [3.05, 3.63) is 0 Å². The molecule has 0 aromatic heterocycles. The summed E-state index contributed by atoms with van der Waals surface area (Å²) >= 11 is 5.25. The lowest BCUT2D eigenvalue weighted by Crippen LogP contribution is -2.39. The molecule has 28 nitrogen and oxygen atoms in total. The molecule has 358 valence electrons. The fraction of sp³-hybridized carbons (Fsp3) is 0.700. The monoisotopic (exact) mass is 922 g/mol. The number of rotatable bonds is 18. The predicted octanol–water partition coefficient (Wildman–Crippen LogP) is -5.59. The highest BCUT2D eigenvalue weighted by Gasteiger charge is 2.16. The first-order valence-electron chi connectivity index (χ1n) is 16.5. The number of aliphatic hydroxyl groups excluding tert-OH is 2. The third kappa shape index (κ3) is 68.2. The van der Waals surface area contributed by atoms with Crippen molar-refractivity contribution in [1.82, 2.24) is 0 Å². The van der Waals surface area contributed by atoms with E-state index < -0.39 is 109 Å². The highest BCUT2D eigenvalue weighted by molar-refractivity contribution is 7.98. The topological polar surface area (TPSA) is 584 Å². The van der Waals surface area contributed by atoms with Crippen molar-refractivity contribution >= 4 is 78.1 Å². The lowest BCUT2D eigenvalue weighted by Gasteiger charge is -2.07. The zero-order valence-electron chi connectivity index (χ0n) is 33.7. The van der Waals surface area contributed by atoms with E-state index in [2.05, 4.69) is 18.4 Å². The number of thioether (sulfide) groups is 1. The van der Waals surface area contributed by atoms with E-state index in [0.717, 1.165) is 5.75 Å². The van der Waals surface area contributed by atoms with Gasteiger partial charge in [0.25, 0.3) is 0 Å². The zero-order valence-corrected chi connectivity index (χ0v) is 35.4. The quantitative estimate of drug-likeness (QED) is 0.0570. The largest absolute Gasteiger partial charge is 0.481 e. The molecular weight excluding hydrogens is 857 g/mol. The van der Waals surface area contributed by atoms with Gasteiger partial charge in [-0.1, -0.05) is 13.8 Å². The molecule has 0 rings (SSSR count). The lowest BCUT2D eigenvalue weighted by molar-refractivity contribution is -0.141. The van der Waals surface area contributed by atoms with Gasteiger partial charge in [-0.2, -0.15) is 24.4 Å². The first-order valence-corrected chi connectivity index (χ1v) is 18.5. The summed E-state index contributed by atoms with van der Waals surface area (Å²) in [6.07, 6.45) is 1.27. The number of carboxylic acids is 9. The molecule has 0 bridgehead atoms. The van der Waals surface area contributed by atoms with Gasteiger partial charge in [0.15, 0.2) is 0 Å². The second-order valence-electron chi connectivity index (χ2n) is 11.3. The number of carbonyl (C=O) groups is 9. The fourth-order valence-corrected chi connectivity index (χ4v) is 2.06. The van der Waals surface area contributed by atoms with Crippen LogP contribution in [0.4, 0.5) is 0 Å². The van der Waals surface area contributed by atoms with E-state index in [4.69, 9.17) is 96.3 Å². The summed E-state index contributed by atoms with van der Waals surface area (Å²) in [6.45, 7) is 5.52. The van der Waals surface area contributed by atoms with Gasteiger partial charge in [-0.15, -0.1) is 0 Å². The van der Waals surface area contributed by atoms with Gasteiger partial charge in [0, 0.05) is 12.2 Å². The smallest absolute Gasteiger partial charge is 0.323 e. The Kier molecular flexibility index (Phi) is 57.5. The summed E-state index contributed by atoms with van der Waals surface area (Å²) in [5.74, 6) is -8.31. The Bertz CT molecular complexity index is 1160. The number of hydrogen-bond donors (Lipinski definition) is 20. The van der Waals surface area contributed by atoms with Gasteiger partial charge in [-0.25, -0.2) is 0 Å². The summed E-state index contributed by atoms with van der Waals surface area (Å²) < 4.78 is 0. The zero-order chi connectivity index (χ0) is 50.0. The highest BCUT2D eigenvalue weighted by atomic mass is 32.2. The Morgan fingerprint density at radius 3 is 0.950 bits per heavy atom. The number of nitrogens with two attached hydrogens (primary N) is 8. The van der Waals surface area contributed by atoms with E-state index >= 15 is 0 Å². The standard InChI is InChI=1S/C5H9NO4.C5H11NO2S.C5H11NO2.C4H9NO3.C3H7NO3.C3H7NO2S.C3H7NO2.C2H5NO2/c6-3(5(9)10)1-2-4(7)8;1-9-3-2-4(6)5(7)8;1-3(2)4(6)5(7)8;1-2(6)3(5)4(7)8;4-2(1-5)3(6)7;4-2(1-7)3(5)6;1-2(4)3(5)6;3-1-2(4)5/h3H,1-2,6H2,(H,7,8)(H,9,10);4H,2-3,6H2,1H3,(H,7,8);3-4H,6H2,1-2H3,(H,7,8);2-3,6H,5H2,1H3,(H,7,8);2,5H,1,4H2,(H,6,7);2,7H,1,4H2,(H,5,6);2H,4H2,1H3,(H,5,6);1,3H2,(H,4,5). The second kappa shape index (κ2) is 47.2. The molecular formula is C30H66N8O20S2. The van der Waals surface area contributed by atoms with E-state index in [1.54, 1.807) is 25.6 Å². The van der Waals surface area contributed by atoms with Crippen LogP contribution >= 0.6 is 24.4 Å². The molecule has 0 heterocycles. The molecule has 0 radical (unpaired) electrons. The molecule has 60 heavy (non-hydrogen) atoms. The van der Waals surface area contributed by atoms with E-state index in [-0.39, 0.29) is 31.1 Å². The third-order valence-electron chi connectivity index (χ3n) is 5.34. The Morgan fingerprint density at radius 2 is 0.850 bits per heavy atom. The molecule has 0 saturated heterocycles. The molecule has 0 aromatic carbocycles. The van der Waals surface area contributed by atoms with Crippen molar-refractivity contribution in [2.24, 2.45) is 51.8 Å². The Balaban J connectivity index is -0.0000000865. The Labute approximate surface area is 355 Å². The van der Waals surface area contributed by atoms with E-state index in [1.165, 1.54) is 13.8 Å². The first kappa shape index (κ1) is 73.1. The normalized spacial score (nSPS) is 13.3. The van der Waals surface area contributed by atoms with Crippen LogP contribution in [0.5, 0.6) is 0 Å². The summed E-state index contributed by atoms with van der Waals surface area (Å²) in [6, 6.07) is -6.29. The van der Waals surface area contributed by atoms with E-state index in [0.29, 0.717) is 6.42 Å². The van der Waals surface area contributed by atoms with Crippen LogP contribution in [0.3, 0.4) is 0 Å². The lowest BCUT2D eigenvalue weighted by atomic mass is 10.1. The van der Waals surface area contributed by atoms with Gasteiger partial charge in [0.2, 0.25) is 0 Å². The average molecular weight is 923 g/mol.